The van der Waals surface area contributed by atoms with E-state index in [9.17, 15) is 10.2 Å². The van der Waals surface area contributed by atoms with Crippen molar-refractivity contribution in [2.24, 2.45) is 7.05 Å². The van der Waals surface area contributed by atoms with E-state index in [0.29, 0.717) is 16.3 Å². The highest BCUT2D eigenvalue weighted by Gasteiger charge is 2.29. The molecule has 0 aliphatic heterocycles. The molecule has 2 aromatic carbocycles. The number of hydrogen-bond acceptors (Lipinski definition) is 3. The molecule has 6 heteroatoms. The van der Waals surface area contributed by atoms with Crippen LogP contribution in [-0.4, -0.2) is 24.3 Å². The number of phenolic OH excluding ortho intramolecular Hbond substituents is 2. The van der Waals surface area contributed by atoms with Gasteiger partial charge in [-0.05, 0) is 86.6 Å². The number of fused-ring (bicyclic) bond motifs is 1. The van der Waals surface area contributed by atoms with E-state index in [4.69, 9.17) is 12.2 Å². The van der Waals surface area contributed by atoms with Crippen molar-refractivity contribution in [3.63, 3.8) is 0 Å². The third-order valence-corrected chi connectivity index (χ3v) is 7.08. The molecule has 2 aromatic heterocycles. The third kappa shape index (κ3) is 3.00. The Morgan fingerprint density at radius 1 is 1.10 bits per heavy atom. The van der Waals surface area contributed by atoms with E-state index >= 15 is 0 Å². The van der Waals surface area contributed by atoms with Crippen LogP contribution in [0.15, 0.2) is 30.3 Å². The van der Waals surface area contributed by atoms with Crippen molar-refractivity contribution in [1.82, 2.24) is 14.1 Å². The standard InChI is InChI=1S/C25H27N3O2S/c1-5-20-24(19-11-18(15-6-7-15)22(29)12-23(19)30)28(25(31)26-20)16-8-9-21-17(10-16)13(2)14(3)27(21)4/h8-12,15,29-30H,5-7H2,1-4H3,(H,26,31). The fourth-order valence-corrected chi connectivity index (χ4v) is 4.97. The molecule has 5 nitrogen and oxygen atoms in total. The lowest BCUT2D eigenvalue weighted by atomic mass is 10.0. The number of benzene rings is 2. The van der Waals surface area contributed by atoms with E-state index in [0.717, 1.165) is 41.9 Å². The normalized spacial score (nSPS) is 13.9. The van der Waals surface area contributed by atoms with Gasteiger partial charge < -0.3 is 19.8 Å². The van der Waals surface area contributed by atoms with E-state index in [-0.39, 0.29) is 11.5 Å². The minimum atomic E-state index is 0.0622. The molecule has 0 bridgehead atoms. The second kappa shape index (κ2) is 7.02. The molecule has 1 aliphatic rings. The van der Waals surface area contributed by atoms with Crippen LogP contribution < -0.4 is 0 Å². The highest BCUT2D eigenvalue weighted by atomic mass is 32.1. The summed E-state index contributed by atoms with van der Waals surface area (Å²) in [7, 11) is 2.08. The Bertz CT molecular complexity index is 1400. The van der Waals surface area contributed by atoms with Crippen LogP contribution in [-0.2, 0) is 13.5 Å². The van der Waals surface area contributed by atoms with Gasteiger partial charge in [-0.2, -0.15) is 0 Å². The molecule has 3 N–H and O–H groups in total. The Labute approximate surface area is 186 Å². The molecule has 0 spiro atoms. The maximum absolute atomic E-state index is 10.8. The van der Waals surface area contributed by atoms with Crippen LogP contribution >= 0.6 is 12.2 Å². The molecular weight excluding hydrogens is 406 g/mol. The monoisotopic (exact) mass is 433 g/mol. The minimum absolute atomic E-state index is 0.0622. The van der Waals surface area contributed by atoms with Gasteiger partial charge in [-0.3, -0.25) is 4.57 Å². The molecule has 1 fully saturated rings. The fourth-order valence-electron chi connectivity index (χ4n) is 4.65. The Balaban J connectivity index is 1.79. The summed E-state index contributed by atoms with van der Waals surface area (Å²) < 4.78 is 4.81. The van der Waals surface area contributed by atoms with Crippen molar-refractivity contribution in [1.29, 1.82) is 0 Å². The van der Waals surface area contributed by atoms with Crippen LogP contribution in [0.3, 0.4) is 0 Å². The number of nitrogens with one attached hydrogen (secondary N) is 1. The molecule has 1 saturated carbocycles. The predicted molar refractivity (Wildman–Crippen MR) is 127 cm³/mol. The predicted octanol–water partition coefficient (Wildman–Crippen LogP) is 6.16. The highest BCUT2D eigenvalue weighted by Crippen LogP contribution is 2.48. The summed E-state index contributed by atoms with van der Waals surface area (Å²) in [5, 5.41) is 22.4. The quantitative estimate of drug-likeness (QED) is 0.338. The number of H-pyrrole nitrogens is 1. The van der Waals surface area contributed by atoms with Gasteiger partial charge in [0, 0.05) is 46.7 Å². The molecule has 0 atom stereocenters. The minimum Gasteiger partial charge on any atom is -0.508 e. The van der Waals surface area contributed by atoms with Crippen molar-refractivity contribution in [2.75, 3.05) is 0 Å². The van der Waals surface area contributed by atoms with Crippen molar-refractivity contribution >= 4 is 23.1 Å². The van der Waals surface area contributed by atoms with Gasteiger partial charge in [-0.25, -0.2) is 0 Å². The zero-order valence-corrected chi connectivity index (χ0v) is 19.1. The Morgan fingerprint density at radius 3 is 2.52 bits per heavy atom. The SMILES string of the molecule is CCc1[nH]c(=S)n(-c2ccc3c(c2)c(C)c(C)n3C)c1-c1cc(C2CC2)c(O)cc1O. The number of aromatic amines is 1. The van der Waals surface area contributed by atoms with Gasteiger partial charge in [0.2, 0.25) is 0 Å². The van der Waals surface area contributed by atoms with Gasteiger partial charge in [-0.15, -0.1) is 0 Å². The number of rotatable bonds is 4. The molecule has 160 valence electrons. The second-order valence-corrected chi connectivity index (χ2v) is 9.01. The molecule has 1 aliphatic carbocycles. The lowest BCUT2D eigenvalue weighted by molar-refractivity contribution is 0.447. The Hall–Kier alpha value is -2.99. The number of nitrogens with zero attached hydrogens (tertiary/aromatic N) is 2. The second-order valence-electron chi connectivity index (χ2n) is 8.62. The molecule has 0 radical (unpaired) electrons. The smallest absolute Gasteiger partial charge is 0.182 e. The lowest BCUT2D eigenvalue weighted by Crippen LogP contribution is -2.00. The topological polar surface area (TPSA) is 66.1 Å². The van der Waals surface area contributed by atoms with E-state index in [2.05, 4.69) is 55.6 Å². The first kappa shape index (κ1) is 19.9. The number of aromatic nitrogens is 3. The first-order chi connectivity index (χ1) is 14.8. The van der Waals surface area contributed by atoms with E-state index < -0.39 is 0 Å². The van der Waals surface area contributed by atoms with Crippen molar-refractivity contribution < 1.29 is 10.2 Å². The number of aryl methyl sites for hydroxylation is 3. The van der Waals surface area contributed by atoms with Gasteiger partial charge in [0.15, 0.2) is 4.77 Å². The first-order valence-corrected chi connectivity index (χ1v) is 11.2. The van der Waals surface area contributed by atoms with Crippen LogP contribution in [0.25, 0.3) is 27.8 Å². The average molecular weight is 434 g/mol. The summed E-state index contributed by atoms with van der Waals surface area (Å²) >= 11 is 5.73. The summed E-state index contributed by atoms with van der Waals surface area (Å²) in [6.45, 7) is 6.34. The lowest BCUT2D eigenvalue weighted by Gasteiger charge is -2.14. The number of hydrogen-bond donors (Lipinski definition) is 3. The van der Waals surface area contributed by atoms with E-state index in [1.54, 1.807) is 0 Å². The van der Waals surface area contributed by atoms with Crippen molar-refractivity contribution in [3.05, 3.63) is 57.6 Å². The average Bonchev–Trinajstić information content (AvgIpc) is 3.50. The number of aromatic hydroxyl groups is 2. The summed E-state index contributed by atoms with van der Waals surface area (Å²) in [5.74, 6) is 0.595. The molecule has 0 saturated heterocycles. The summed E-state index contributed by atoms with van der Waals surface area (Å²) in [6, 6.07) is 9.78. The van der Waals surface area contributed by atoms with Gasteiger partial charge in [0.25, 0.3) is 0 Å². The molecular formula is C25H27N3O2S. The van der Waals surface area contributed by atoms with Crippen LogP contribution in [0.2, 0.25) is 0 Å². The third-order valence-electron chi connectivity index (χ3n) is 6.79. The largest absolute Gasteiger partial charge is 0.508 e. The van der Waals surface area contributed by atoms with Gasteiger partial charge in [0.05, 0.1) is 5.69 Å². The summed E-state index contributed by atoms with van der Waals surface area (Å²) in [6.07, 6.45) is 2.89. The zero-order valence-electron chi connectivity index (χ0n) is 18.3. The summed E-state index contributed by atoms with van der Waals surface area (Å²) in [5.41, 5.74) is 8.06. The summed E-state index contributed by atoms with van der Waals surface area (Å²) in [4.78, 5) is 3.34. The number of phenols is 2. The van der Waals surface area contributed by atoms with Gasteiger partial charge >= 0.3 is 0 Å². The van der Waals surface area contributed by atoms with Gasteiger partial charge in [-0.1, -0.05) is 6.92 Å². The zero-order chi connectivity index (χ0) is 22.0. The van der Waals surface area contributed by atoms with E-state index in [1.165, 1.54) is 28.2 Å². The van der Waals surface area contributed by atoms with Crippen molar-refractivity contribution in [3.8, 4) is 28.4 Å². The molecule has 4 aromatic rings. The van der Waals surface area contributed by atoms with E-state index in [1.807, 2.05) is 10.6 Å². The van der Waals surface area contributed by atoms with Crippen molar-refractivity contribution in [2.45, 2.75) is 46.0 Å². The molecule has 0 amide bonds. The molecule has 5 rings (SSSR count). The molecule has 0 unspecified atom stereocenters. The number of imidazole rings is 1. The Kier molecular flexibility index (Phi) is 4.52. The van der Waals surface area contributed by atoms with Crippen LogP contribution in [0.5, 0.6) is 11.5 Å². The molecule has 31 heavy (non-hydrogen) atoms. The van der Waals surface area contributed by atoms with Crippen LogP contribution in [0.4, 0.5) is 0 Å². The fraction of sp³-hybridized carbons (Fsp3) is 0.320. The molecule has 2 heterocycles. The van der Waals surface area contributed by atoms with Crippen LogP contribution in [0, 0.1) is 18.6 Å². The first-order valence-electron chi connectivity index (χ1n) is 10.8. The van der Waals surface area contributed by atoms with Gasteiger partial charge in [0.1, 0.15) is 11.5 Å². The maximum Gasteiger partial charge on any atom is 0.182 e. The highest BCUT2D eigenvalue weighted by molar-refractivity contribution is 7.71. The maximum atomic E-state index is 10.8. The Morgan fingerprint density at radius 2 is 1.84 bits per heavy atom. The van der Waals surface area contributed by atoms with Crippen LogP contribution in [0.1, 0.15) is 48.2 Å².